The average molecular weight is 255 g/mol. The number of alkyl carbamates (subject to hydrolysis) is 1. The number of ether oxygens (including phenoxy) is 1. The van der Waals surface area contributed by atoms with Crippen LogP contribution in [-0.4, -0.2) is 28.8 Å². The topological polar surface area (TPSA) is 75.6 Å². The van der Waals surface area contributed by atoms with E-state index in [0.717, 1.165) is 12.8 Å². The molecule has 0 saturated carbocycles. The van der Waals surface area contributed by atoms with Crippen LogP contribution in [0.25, 0.3) is 0 Å². The molecule has 0 aromatic heterocycles. The van der Waals surface area contributed by atoms with E-state index in [4.69, 9.17) is 9.84 Å². The Bertz CT molecular complexity index is 335. The Balaban J connectivity index is 2.47. The molecule has 0 aromatic carbocycles. The van der Waals surface area contributed by atoms with E-state index in [9.17, 15) is 9.59 Å². The zero-order valence-electron chi connectivity index (χ0n) is 11.1. The van der Waals surface area contributed by atoms with Gasteiger partial charge in [0.05, 0.1) is 0 Å². The van der Waals surface area contributed by atoms with E-state index >= 15 is 0 Å². The lowest BCUT2D eigenvalue weighted by molar-refractivity contribution is -0.140. The van der Waals surface area contributed by atoms with Crippen LogP contribution in [-0.2, 0) is 9.53 Å². The van der Waals surface area contributed by atoms with Crippen LogP contribution in [0.4, 0.5) is 4.79 Å². The summed E-state index contributed by atoms with van der Waals surface area (Å²) in [5.41, 5.74) is -0.623. The standard InChI is InChI=1S/C13H21NO4/c1-13(2,3)18-12(17)14-10(11(15)16)8-9-6-4-5-7-9/h4-5,9-10H,6-8H2,1-3H3,(H,14,17)(H,15,16). The molecule has 0 radical (unpaired) electrons. The van der Waals surface area contributed by atoms with Crippen LogP contribution in [0.1, 0.15) is 40.0 Å². The molecule has 0 spiro atoms. The van der Waals surface area contributed by atoms with Crippen molar-refractivity contribution in [3.05, 3.63) is 12.2 Å². The molecule has 5 nitrogen and oxygen atoms in total. The first-order valence-electron chi connectivity index (χ1n) is 6.15. The molecule has 0 heterocycles. The predicted octanol–water partition coefficient (Wildman–Crippen LogP) is 2.32. The van der Waals surface area contributed by atoms with Crippen LogP contribution in [0.15, 0.2) is 12.2 Å². The molecule has 5 heteroatoms. The lowest BCUT2D eigenvalue weighted by Gasteiger charge is -2.23. The summed E-state index contributed by atoms with van der Waals surface area (Å²) in [5, 5.41) is 11.5. The predicted molar refractivity (Wildman–Crippen MR) is 67.3 cm³/mol. The van der Waals surface area contributed by atoms with Gasteiger partial charge in [0.2, 0.25) is 0 Å². The quantitative estimate of drug-likeness (QED) is 0.756. The summed E-state index contributed by atoms with van der Waals surface area (Å²) in [7, 11) is 0. The van der Waals surface area contributed by atoms with Crippen molar-refractivity contribution in [1.29, 1.82) is 0 Å². The molecule has 1 aliphatic carbocycles. The third-order valence-electron chi connectivity index (χ3n) is 2.66. The lowest BCUT2D eigenvalue weighted by atomic mass is 9.98. The van der Waals surface area contributed by atoms with E-state index in [1.165, 1.54) is 0 Å². The number of carboxylic acid groups (broad SMARTS) is 1. The summed E-state index contributed by atoms with van der Waals surface area (Å²) in [6, 6.07) is -0.884. The Labute approximate surface area is 107 Å². The maximum absolute atomic E-state index is 11.5. The Kier molecular flexibility index (Phi) is 4.76. The minimum atomic E-state index is -1.02. The number of carboxylic acids is 1. The van der Waals surface area contributed by atoms with Gasteiger partial charge in [0.25, 0.3) is 0 Å². The van der Waals surface area contributed by atoms with Crippen molar-refractivity contribution >= 4 is 12.1 Å². The van der Waals surface area contributed by atoms with Gasteiger partial charge >= 0.3 is 12.1 Å². The van der Waals surface area contributed by atoms with Crippen molar-refractivity contribution in [3.63, 3.8) is 0 Å². The van der Waals surface area contributed by atoms with Gasteiger partial charge < -0.3 is 15.2 Å². The summed E-state index contributed by atoms with van der Waals surface area (Å²) < 4.78 is 5.05. The van der Waals surface area contributed by atoms with E-state index in [1.54, 1.807) is 20.8 Å². The van der Waals surface area contributed by atoms with Crippen LogP contribution in [0.3, 0.4) is 0 Å². The second-order valence-electron chi connectivity index (χ2n) is 5.58. The molecule has 1 amide bonds. The number of allylic oxidation sites excluding steroid dienone is 2. The SMILES string of the molecule is CC(C)(C)OC(=O)NC(CC1CC=CC1)C(=O)O. The Morgan fingerprint density at radius 2 is 1.94 bits per heavy atom. The fourth-order valence-electron chi connectivity index (χ4n) is 1.87. The van der Waals surface area contributed by atoms with Crippen molar-refractivity contribution in [2.45, 2.75) is 51.7 Å². The third kappa shape index (κ3) is 5.21. The summed E-state index contributed by atoms with van der Waals surface area (Å²) in [6.45, 7) is 5.22. The van der Waals surface area contributed by atoms with E-state index in [2.05, 4.69) is 5.32 Å². The van der Waals surface area contributed by atoms with E-state index in [0.29, 0.717) is 12.3 Å². The zero-order chi connectivity index (χ0) is 13.8. The highest BCUT2D eigenvalue weighted by molar-refractivity contribution is 5.80. The first kappa shape index (κ1) is 14.5. The van der Waals surface area contributed by atoms with Gasteiger partial charge in [-0.3, -0.25) is 0 Å². The Morgan fingerprint density at radius 1 is 1.39 bits per heavy atom. The molecule has 1 unspecified atom stereocenters. The highest BCUT2D eigenvalue weighted by Gasteiger charge is 2.26. The smallest absolute Gasteiger partial charge is 0.408 e. The molecular weight excluding hydrogens is 234 g/mol. The van der Waals surface area contributed by atoms with Crippen LogP contribution >= 0.6 is 0 Å². The monoisotopic (exact) mass is 255 g/mol. The normalized spacial score (nSPS) is 17.5. The van der Waals surface area contributed by atoms with Gasteiger partial charge in [-0.2, -0.15) is 0 Å². The van der Waals surface area contributed by atoms with Crippen molar-refractivity contribution in [3.8, 4) is 0 Å². The first-order chi connectivity index (χ1) is 8.28. The highest BCUT2D eigenvalue weighted by Crippen LogP contribution is 2.23. The van der Waals surface area contributed by atoms with Crippen LogP contribution < -0.4 is 5.32 Å². The molecule has 1 rings (SSSR count). The Hall–Kier alpha value is -1.52. The average Bonchev–Trinajstić information content (AvgIpc) is 2.66. The summed E-state index contributed by atoms with van der Waals surface area (Å²) in [4.78, 5) is 22.6. The van der Waals surface area contributed by atoms with Gasteiger partial charge in [-0.15, -0.1) is 0 Å². The van der Waals surface area contributed by atoms with Gasteiger partial charge in [-0.05, 0) is 46.0 Å². The second-order valence-corrected chi connectivity index (χ2v) is 5.58. The fraction of sp³-hybridized carbons (Fsp3) is 0.692. The Morgan fingerprint density at radius 3 is 2.39 bits per heavy atom. The minimum Gasteiger partial charge on any atom is -0.480 e. The third-order valence-corrected chi connectivity index (χ3v) is 2.66. The first-order valence-corrected chi connectivity index (χ1v) is 6.15. The lowest BCUT2D eigenvalue weighted by Crippen LogP contribution is -2.44. The molecule has 2 N–H and O–H groups in total. The molecule has 0 saturated heterocycles. The number of rotatable bonds is 4. The number of amides is 1. The minimum absolute atomic E-state index is 0.293. The van der Waals surface area contributed by atoms with Gasteiger partial charge in [0, 0.05) is 0 Å². The molecule has 102 valence electrons. The maximum Gasteiger partial charge on any atom is 0.408 e. The number of nitrogens with one attached hydrogen (secondary N) is 1. The number of carbonyl (C=O) groups is 2. The molecule has 0 aromatic rings. The molecule has 1 atom stereocenters. The molecular formula is C13H21NO4. The second kappa shape index (κ2) is 5.89. The van der Waals surface area contributed by atoms with Gasteiger partial charge in [0.1, 0.15) is 11.6 Å². The summed E-state index contributed by atoms with van der Waals surface area (Å²) in [5.74, 6) is -0.728. The number of aliphatic carboxylic acids is 1. The van der Waals surface area contributed by atoms with E-state index in [-0.39, 0.29) is 0 Å². The van der Waals surface area contributed by atoms with Crippen molar-refractivity contribution in [2.75, 3.05) is 0 Å². The number of hydrogen-bond acceptors (Lipinski definition) is 3. The van der Waals surface area contributed by atoms with Crippen LogP contribution in [0, 0.1) is 5.92 Å². The molecule has 0 fully saturated rings. The van der Waals surface area contributed by atoms with Crippen molar-refractivity contribution in [1.82, 2.24) is 5.32 Å². The van der Waals surface area contributed by atoms with E-state index < -0.39 is 23.7 Å². The van der Waals surface area contributed by atoms with Crippen LogP contribution in [0.2, 0.25) is 0 Å². The molecule has 1 aliphatic rings. The summed E-state index contributed by atoms with van der Waals surface area (Å²) in [6.07, 6.45) is 5.58. The largest absolute Gasteiger partial charge is 0.480 e. The number of carbonyl (C=O) groups excluding carboxylic acids is 1. The molecule has 18 heavy (non-hydrogen) atoms. The van der Waals surface area contributed by atoms with E-state index in [1.807, 2.05) is 12.2 Å². The van der Waals surface area contributed by atoms with Gasteiger partial charge in [-0.1, -0.05) is 12.2 Å². The zero-order valence-corrected chi connectivity index (χ0v) is 11.1. The van der Waals surface area contributed by atoms with Gasteiger partial charge in [0.15, 0.2) is 0 Å². The summed E-state index contributed by atoms with van der Waals surface area (Å²) >= 11 is 0. The van der Waals surface area contributed by atoms with Crippen molar-refractivity contribution < 1.29 is 19.4 Å². The van der Waals surface area contributed by atoms with Gasteiger partial charge in [-0.25, -0.2) is 9.59 Å². The van der Waals surface area contributed by atoms with Crippen molar-refractivity contribution in [2.24, 2.45) is 5.92 Å². The number of hydrogen-bond donors (Lipinski definition) is 2. The molecule has 0 aliphatic heterocycles. The fourth-order valence-corrected chi connectivity index (χ4v) is 1.87. The highest BCUT2D eigenvalue weighted by atomic mass is 16.6. The molecule has 0 bridgehead atoms. The van der Waals surface area contributed by atoms with Crippen LogP contribution in [0.5, 0.6) is 0 Å². The maximum atomic E-state index is 11.5.